The third-order valence-corrected chi connectivity index (χ3v) is 5.60. The van der Waals surface area contributed by atoms with Crippen LogP contribution < -0.4 is 0 Å². The lowest BCUT2D eigenvalue weighted by molar-refractivity contribution is -0.365. The molecule has 0 aromatic heterocycles. The van der Waals surface area contributed by atoms with E-state index in [9.17, 15) is 50.8 Å². The number of carbonyl (C=O) groups is 1. The van der Waals surface area contributed by atoms with E-state index in [1.165, 1.54) is 6.92 Å². The van der Waals surface area contributed by atoms with Gasteiger partial charge in [0.1, 0.15) is 67.1 Å². The summed E-state index contributed by atoms with van der Waals surface area (Å²) >= 11 is 0. The molecule has 0 bridgehead atoms. The smallest absolute Gasteiger partial charge is 0.187 e. The highest BCUT2D eigenvalue weighted by Gasteiger charge is 2.51. The average Bonchev–Trinajstić information content (AvgIpc) is 2.81. The number of hydrogen-bond acceptors (Lipinski definition) is 15. The average molecular weight is 488 g/mol. The topological polar surface area (TPSA) is 256 Å². The third kappa shape index (κ3) is 6.22. The summed E-state index contributed by atoms with van der Waals surface area (Å²) in [5.41, 5.74) is 0. The van der Waals surface area contributed by atoms with Crippen molar-refractivity contribution in [2.45, 2.75) is 92.8 Å². The van der Waals surface area contributed by atoms with Gasteiger partial charge in [0, 0.05) is 0 Å². The Morgan fingerprint density at radius 1 is 0.879 bits per heavy atom. The summed E-state index contributed by atoms with van der Waals surface area (Å²) < 4.78 is 21.3. The van der Waals surface area contributed by atoms with Crippen LogP contribution in [0.25, 0.3) is 0 Å². The number of rotatable bonds is 10. The van der Waals surface area contributed by atoms with Gasteiger partial charge in [-0.3, -0.25) is 0 Å². The number of aliphatic hydroxyl groups is 10. The summed E-state index contributed by atoms with van der Waals surface area (Å²) in [6.07, 6.45) is -23.9. The minimum Gasteiger partial charge on any atom is -0.394 e. The second kappa shape index (κ2) is 12.2. The van der Waals surface area contributed by atoms with Gasteiger partial charge in [-0.25, -0.2) is 0 Å². The first-order valence-electron chi connectivity index (χ1n) is 10.2. The van der Waals surface area contributed by atoms with E-state index in [-0.39, 0.29) is 6.29 Å². The van der Waals surface area contributed by atoms with E-state index in [1.807, 2.05) is 0 Å². The lowest BCUT2D eigenvalue weighted by Gasteiger charge is -2.46. The Balaban J connectivity index is 2.16. The maximum atomic E-state index is 10.7. The summed E-state index contributed by atoms with van der Waals surface area (Å²) in [6.45, 7) is -0.417. The molecule has 0 aromatic carbocycles. The van der Waals surface area contributed by atoms with Crippen LogP contribution in [0.2, 0.25) is 0 Å². The molecule has 15 heteroatoms. The van der Waals surface area contributed by atoms with Crippen molar-refractivity contribution in [3.8, 4) is 0 Å². The molecule has 0 aliphatic carbocycles. The van der Waals surface area contributed by atoms with E-state index < -0.39 is 99.0 Å². The largest absolute Gasteiger partial charge is 0.394 e. The normalized spacial score (nSPS) is 43.5. The number of ether oxygens (including phenoxy) is 4. The fraction of sp³-hybridized carbons (Fsp3) is 0.944. The van der Waals surface area contributed by atoms with Crippen molar-refractivity contribution >= 4 is 6.29 Å². The molecule has 0 unspecified atom stereocenters. The number of hydrogen-bond donors (Lipinski definition) is 10. The molecule has 14 atom stereocenters. The summed E-state index contributed by atoms with van der Waals surface area (Å²) in [5.74, 6) is 0. The molecule has 0 spiro atoms. The zero-order valence-corrected chi connectivity index (χ0v) is 17.6. The molecular formula is C18H32O15. The van der Waals surface area contributed by atoms with Crippen LogP contribution in [-0.2, 0) is 23.7 Å². The number of aldehydes is 1. The van der Waals surface area contributed by atoms with Crippen molar-refractivity contribution in [3.05, 3.63) is 0 Å². The molecular weight excluding hydrogens is 456 g/mol. The first kappa shape index (κ1) is 28.3. The van der Waals surface area contributed by atoms with E-state index in [0.717, 1.165) is 0 Å². The Bertz CT molecular complexity index is 607. The Hall–Kier alpha value is -0.890. The monoisotopic (exact) mass is 488 g/mol. The van der Waals surface area contributed by atoms with Gasteiger partial charge in [-0.1, -0.05) is 0 Å². The third-order valence-electron chi connectivity index (χ3n) is 5.60. The fourth-order valence-electron chi connectivity index (χ4n) is 3.55. The number of carbonyl (C=O) groups excluding carboxylic acids is 1. The Labute approximate surface area is 187 Å². The molecule has 0 aromatic rings. The maximum Gasteiger partial charge on any atom is 0.187 e. The van der Waals surface area contributed by atoms with Crippen LogP contribution in [0, 0.1) is 0 Å². The molecule has 2 fully saturated rings. The van der Waals surface area contributed by atoms with Crippen LogP contribution in [0.4, 0.5) is 0 Å². The SMILES string of the molecule is C[C@@H]1O[C@H](O[C@H]2[C@H](O)[C@@H](O)[C@H](O[C@H]([C@H](O)[C@@H](O)C=O)[C@H](O)CO)O[C@@H]2CO)[C@H](O)[C@H](O)[C@H]1O. The summed E-state index contributed by atoms with van der Waals surface area (Å²) in [4.78, 5) is 10.7. The highest BCUT2D eigenvalue weighted by Crippen LogP contribution is 2.30. The molecule has 10 N–H and O–H groups in total. The van der Waals surface area contributed by atoms with E-state index in [4.69, 9.17) is 24.1 Å². The van der Waals surface area contributed by atoms with Crippen LogP contribution in [0.3, 0.4) is 0 Å². The summed E-state index contributed by atoms with van der Waals surface area (Å²) in [7, 11) is 0. The van der Waals surface area contributed by atoms with E-state index in [2.05, 4.69) is 0 Å². The van der Waals surface area contributed by atoms with Gasteiger partial charge in [0.25, 0.3) is 0 Å². The molecule has 2 aliphatic heterocycles. The van der Waals surface area contributed by atoms with Crippen molar-refractivity contribution in [3.63, 3.8) is 0 Å². The van der Waals surface area contributed by atoms with Crippen LogP contribution in [0.5, 0.6) is 0 Å². The van der Waals surface area contributed by atoms with Gasteiger partial charge in [-0.15, -0.1) is 0 Å². The van der Waals surface area contributed by atoms with Crippen molar-refractivity contribution in [1.82, 2.24) is 0 Å². The lowest BCUT2D eigenvalue weighted by atomic mass is 9.97. The van der Waals surface area contributed by atoms with Gasteiger partial charge < -0.3 is 74.8 Å². The zero-order chi connectivity index (χ0) is 25.0. The van der Waals surface area contributed by atoms with E-state index in [0.29, 0.717) is 0 Å². The van der Waals surface area contributed by atoms with E-state index >= 15 is 0 Å². The molecule has 2 rings (SSSR count). The Morgan fingerprint density at radius 2 is 1.48 bits per heavy atom. The van der Waals surface area contributed by atoms with Gasteiger partial charge in [0.05, 0.1) is 19.3 Å². The highest BCUT2D eigenvalue weighted by atomic mass is 16.7. The van der Waals surface area contributed by atoms with E-state index in [1.54, 1.807) is 0 Å². The lowest BCUT2D eigenvalue weighted by Crippen LogP contribution is -2.65. The summed E-state index contributed by atoms with van der Waals surface area (Å²) in [6, 6.07) is 0. The minimum atomic E-state index is -2.06. The van der Waals surface area contributed by atoms with Crippen molar-refractivity contribution < 1.29 is 74.8 Å². The van der Waals surface area contributed by atoms with Crippen LogP contribution in [-0.4, -0.2) is 156 Å². The quantitative estimate of drug-likeness (QED) is 0.128. The van der Waals surface area contributed by atoms with Gasteiger partial charge in [-0.2, -0.15) is 0 Å². The molecule has 33 heavy (non-hydrogen) atoms. The molecule has 0 amide bonds. The molecule has 0 radical (unpaired) electrons. The molecule has 15 nitrogen and oxygen atoms in total. The first-order valence-corrected chi connectivity index (χ1v) is 10.2. The van der Waals surface area contributed by atoms with Gasteiger partial charge >= 0.3 is 0 Å². The van der Waals surface area contributed by atoms with Gasteiger partial charge in [0.15, 0.2) is 18.9 Å². The predicted molar refractivity (Wildman–Crippen MR) is 101 cm³/mol. The van der Waals surface area contributed by atoms with Gasteiger partial charge in [-0.05, 0) is 6.92 Å². The molecule has 2 saturated heterocycles. The standard InChI is InChI=1S/C18H32O15/c1-5-9(24)11(26)13(28)17(30-5)33-16-8(4-21)31-18(14(29)12(16)27)32-15(7(23)3-20)10(25)6(22)2-19/h2,5-18,20-29H,3-4H2,1H3/t5-,6-,7+,8+,9-,10+,11+,12+,13+,14+,15-,16+,17+,18-/m0/s1. The predicted octanol–water partition coefficient (Wildman–Crippen LogP) is -6.70. The summed E-state index contributed by atoms with van der Waals surface area (Å²) in [5, 5.41) is 99.0. The second-order valence-corrected chi connectivity index (χ2v) is 7.96. The van der Waals surface area contributed by atoms with Crippen LogP contribution in [0.1, 0.15) is 6.92 Å². The minimum absolute atomic E-state index is 0.0552. The highest BCUT2D eigenvalue weighted by molar-refractivity contribution is 5.56. The van der Waals surface area contributed by atoms with Crippen LogP contribution >= 0.6 is 0 Å². The molecule has 2 aliphatic rings. The van der Waals surface area contributed by atoms with Crippen LogP contribution in [0.15, 0.2) is 0 Å². The first-order chi connectivity index (χ1) is 15.5. The maximum absolute atomic E-state index is 10.7. The number of aliphatic hydroxyl groups excluding tert-OH is 10. The molecule has 194 valence electrons. The fourth-order valence-corrected chi connectivity index (χ4v) is 3.55. The van der Waals surface area contributed by atoms with Crippen molar-refractivity contribution in [2.75, 3.05) is 13.2 Å². The second-order valence-electron chi connectivity index (χ2n) is 7.96. The molecule has 0 saturated carbocycles. The van der Waals surface area contributed by atoms with Gasteiger partial charge in [0.2, 0.25) is 0 Å². The Kier molecular flexibility index (Phi) is 10.5. The van der Waals surface area contributed by atoms with Crippen molar-refractivity contribution in [1.29, 1.82) is 0 Å². The Morgan fingerprint density at radius 3 is 2.03 bits per heavy atom. The molecule has 2 heterocycles. The van der Waals surface area contributed by atoms with Crippen molar-refractivity contribution in [2.24, 2.45) is 0 Å². The zero-order valence-electron chi connectivity index (χ0n) is 17.6.